The van der Waals surface area contributed by atoms with Crippen LogP contribution in [0.5, 0.6) is 23.0 Å². The van der Waals surface area contributed by atoms with Crippen LogP contribution in [0.15, 0.2) is 70.6 Å². The summed E-state index contributed by atoms with van der Waals surface area (Å²) in [6, 6.07) is 17.2. The van der Waals surface area contributed by atoms with Crippen molar-refractivity contribution in [3.8, 4) is 23.0 Å². The van der Waals surface area contributed by atoms with Crippen LogP contribution >= 0.6 is 0 Å². The van der Waals surface area contributed by atoms with Crippen LogP contribution in [-0.4, -0.2) is 36.9 Å². The second-order valence-corrected chi connectivity index (χ2v) is 5.85. The third kappa shape index (κ3) is 4.48. The number of methoxy groups -OCH3 is 2. The van der Waals surface area contributed by atoms with Crippen molar-refractivity contribution in [2.45, 2.75) is 0 Å². The Morgan fingerprint density at radius 1 is 0.679 bits per heavy atom. The van der Waals surface area contributed by atoms with Crippen molar-refractivity contribution in [3.63, 3.8) is 0 Å². The van der Waals surface area contributed by atoms with E-state index in [0.717, 1.165) is 0 Å². The molecular weight excluding hydrogens is 356 g/mol. The van der Waals surface area contributed by atoms with E-state index in [0.29, 0.717) is 34.0 Å². The van der Waals surface area contributed by atoms with Crippen LogP contribution in [0.3, 0.4) is 0 Å². The molecule has 3 rings (SSSR count). The highest BCUT2D eigenvalue weighted by Gasteiger charge is 2.04. The Kier molecular flexibility index (Phi) is 5.91. The summed E-state index contributed by atoms with van der Waals surface area (Å²) in [6.45, 7) is 0. The molecule has 0 aliphatic rings. The Balaban J connectivity index is 1.90. The van der Waals surface area contributed by atoms with Gasteiger partial charge in [0.25, 0.3) is 0 Å². The molecule has 0 aliphatic carbocycles. The molecule has 0 heterocycles. The van der Waals surface area contributed by atoms with E-state index in [1.807, 2.05) is 24.3 Å². The van der Waals surface area contributed by atoms with Crippen molar-refractivity contribution >= 4 is 23.8 Å². The number of hydrogen-bond acceptors (Lipinski definition) is 6. The molecule has 0 aromatic heterocycles. The van der Waals surface area contributed by atoms with Gasteiger partial charge in [0.15, 0.2) is 0 Å². The zero-order valence-electron chi connectivity index (χ0n) is 15.5. The van der Waals surface area contributed by atoms with Crippen molar-refractivity contribution in [1.29, 1.82) is 0 Å². The van der Waals surface area contributed by atoms with Crippen molar-refractivity contribution in [3.05, 3.63) is 71.8 Å². The summed E-state index contributed by atoms with van der Waals surface area (Å²) in [4.78, 5) is 8.88. The number of phenolic OH excluding ortho intramolecular Hbond substituents is 2. The third-order valence-electron chi connectivity index (χ3n) is 4.04. The van der Waals surface area contributed by atoms with Gasteiger partial charge in [-0.05, 0) is 48.5 Å². The largest absolute Gasteiger partial charge is 0.507 e. The topological polar surface area (TPSA) is 83.6 Å². The summed E-state index contributed by atoms with van der Waals surface area (Å²) >= 11 is 0. The van der Waals surface area contributed by atoms with Crippen LogP contribution in [0.4, 0.5) is 11.4 Å². The minimum absolute atomic E-state index is 0.104. The molecule has 0 bridgehead atoms. The van der Waals surface area contributed by atoms with Crippen molar-refractivity contribution in [1.82, 2.24) is 0 Å². The smallest absolute Gasteiger partial charge is 0.124 e. The van der Waals surface area contributed by atoms with E-state index in [-0.39, 0.29) is 11.5 Å². The van der Waals surface area contributed by atoms with E-state index < -0.39 is 0 Å². The summed E-state index contributed by atoms with van der Waals surface area (Å²) in [6.07, 6.45) is 3.10. The van der Waals surface area contributed by atoms with Crippen molar-refractivity contribution in [2.24, 2.45) is 9.98 Å². The lowest BCUT2D eigenvalue weighted by atomic mass is 10.2. The van der Waals surface area contributed by atoms with Gasteiger partial charge in [-0.1, -0.05) is 12.1 Å². The monoisotopic (exact) mass is 376 g/mol. The Morgan fingerprint density at radius 2 is 1.11 bits per heavy atom. The number of aliphatic imine (C=N–C) groups is 2. The Bertz CT molecular complexity index is 946. The van der Waals surface area contributed by atoms with Gasteiger partial charge in [0.2, 0.25) is 0 Å². The number of benzene rings is 3. The molecule has 0 amide bonds. The molecular formula is C22H20N2O4. The molecule has 0 saturated carbocycles. The predicted octanol–water partition coefficient (Wildman–Crippen LogP) is 4.62. The van der Waals surface area contributed by atoms with Gasteiger partial charge < -0.3 is 19.7 Å². The summed E-state index contributed by atoms with van der Waals surface area (Å²) in [5.41, 5.74) is 2.29. The number of rotatable bonds is 6. The zero-order chi connectivity index (χ0) is 19.9. The third-order valence-corrected chi connectivity index (χ3v) is 4.04. The molecule has 2 N–H and O–H groups in total. The molecule has 0 unspecified atom stereocenters. The average Bonchev–Trinajstić information content (AvgIpc) is 2.73. The maximum atomic E-state index is 9.99. The van der Waals surface area contributed by atoms with Crippen LogP contribution in [0.2, 0.25) is 0 Å². The zero-order valence-corrected chi connectivity index (χ0v) is 15.5. The molecule has 28 heavy (non-hydrogen) atoms. The molecule has 0 fully saturated rings. The minimum atomic E-state index is 0.104. The number of nitrogens with zero attached hydrogens (tertiary/aromatic N) is 2. The lowest BCUT2D eigenvalue weighted by molar-refractivity contribution is 0.412. The van der Waals surface area contributed by atoms with E-state index in [1.54, 1.807) is 63.0 Å². The number of hydrogen-bond donors (Lipinski definition) is 2. The van der Waals surface area contributed by atoms with Crippen LogP contribution in [0.1, 0.15) is 11.1 Å². The Morgan fingerprint density at radius 3 is 1.50 bits per heavy atom. The molecule has 0 saturated heterocycles. The van der Waals surface area contributed by atoms with E-state index in [4.69, 9.17) is 9.47 Å². The van der Waals surface area contributed by atoms with E-state index >= 15 is 0 Å². The van der Waals surface area contributed by atoms with E-state index in [1.165, 1.54) is 0 Å². The quantitative estimate of drug-likeness (QED) is 0.615. The molecule has 0 spiro atoms. The second kappa shape index (κ2) is 8.73. The molecule has 3 aromatic rings. The molecule has 0 aliphatic heterocycles. The van der Waals surface area contributed by atoms with E-state index in [9.17, 15) is 10.2 Å². The SMILES string of the molecule is COc1ccc(O)c(/C=N\c2ccccc2/N=C/c2cc(OC)ccc2O)c1. The van der Waals surface area contributed by atoms with Gasteiger partial charge in [0, 0.05) is 23.6 Å². The van der Waals surface area contributed by atoms with Gasteiger partial charge in [0.1, 0.15) is 23.0 Å². The number of phenols is 2. The van der Waals surface area contributed by atoms with Crippen molar-refractivity contribution in [2.75, 3.05) is 14.2 Å². The second-order valence-electron chi connectivity index (χ2n) is 5.85. The van der Waals surface area contributed by atoms with Gasteiger partial charge in [-0.25, -0.2) is 0 Å². The predicted molar refractivity (Wildman–Crippen MR) is 110 cm³/mol. The highest BCUT2D eigenvalue weighted by Crippen LogP contribution is 2.29. The molecule has 0 atom stereocenters. The summed E-state index contributed by atoms with van der Waals surface area (Å²) < 4.78 is 10.3. The summed E-state index contributed by atoms with van der Waals surface area (Å²) in [7, 11) is 3.12. The molecule has 6 nitrogen and oxygen atoms in total. The fourth-order valence-electron chi connectivity index (χ4n) is 2.49. The lowest BCUT2D eigenvalue weighted by Gasteiger charge is -2.05. The summed E-state index contributed by atoms with van der Waals surface area (Å²) in [5, 5.41) is 20.0. The summed E-state index contributed by atoms with van der Waals surface area (Å²) in [5.74, 6) is 1.46. The lowest BCUT2D eigenvalue weighted by Crippen LogP contribution is -1.87. The van der Waals surface area contributed by atoms with Crippen LogP contribution < -0.4 is 9.47 Å². The van der Waals surface area contributed by atoms with Crippen molar-refractivity contribution < 1.29 is 19.7 Å². The van der Waals surface area contributed by atoms with Gasteiger partial charge >= 0.3 is 0 Å². The fraction of sp³-hybridized carbons (Fsp3) is 0.0909. The van der Waals surface area contributed by atoms with Crippen LogP contribution in [0, 0.1) is 0 Å². The maximum Gasteiger partial charge on any atom is 0.124 e. The Labute approximate surface area is 163 Å². The first-order chi connectivity index (χ1) is 13.6. The Hall–Kier alpha value is -3.80. The van der Waals surface area contributed by atoms with Gasteiger partial charge in [0.05, 0.1) is 25.6 Å². The first kappa shape index (κ1) is 19.0. The number of ether oxygens (including phenoxy) is 2. The standard InChI is InChI=1S/C22H20N2O4/c1-27-17-7-9-21(25)15(11-17)13-23-19-5-3-4-6-20(19)24-14-16-12-18(28-2)8-10-22(16)26/h3-14,25-26H,1-2H3/b23-13-,24-14+. The fourth-order valence-corrected chi connectivity index (χ4v) is 2.49. The molecule has 3 aromatic carbocycles. The maximum absolute atomic E-state index is 9.99. The highest BCUT2D eigenvalue weighted by molar-refractivity contribution is 5.89. The average molecular weight is 376 g/mol. The van der Waals surface area contributed by atoms with Gasteiger partial charge in [-0.15, -0.1) is 0 Å². The van der Waals surface area contributed by atoms with Crippen LogP contribution in [0.25, 0.3) is 0 Å². The van der Waals surface area contributed by atoms with Crippen LogP contribution in [-0.2, 0) is 0 Å². The normalized spacial score (nSPS) is 11.2. The highest BCUT2D eigenvalue weighted by atomic mass is 16.5. The first-order valence-electron chi connectivity index (χ1n) is 8.52. The molecule has 142 valence electrons. The van der Waals surface area contributed by atoms with E-state index in [2.05, 4.69) is 9.98 Å². The number of para-hydroxylation sites is 2. The number of aromatic hydroxyl groups is 2. The minimum Gasteiger partial charge on any atom is -0.507 e. The molecule has 0 radical (unpaired) electrons. The molecule has 6 heteroatoms. The first-order valence-corrected chi connectivity index (χ1v) is 8.52. The van der Waals surface area contributed by atoms with Gasteiger partial charge in [-0.3, -0.25) is 9.98 Å². The van der Waals surface area contributed by atoms with Gasteiger partial charge in [-0.2, -0.15) is 0 Å².